The molecule has 0 unspecified atom stereocenters. The van der Waals surface area contributed by atoms with Gasteiger partial charge in [-0.15, -0.1) is 11.3 Å². The van der Waals surface area contributed by atoms with E-state index in [0.717, 1.165) is 27.4 Å². The topological polar surface area (TPSA) is 64.0 Å². The van der Waals surface area contributed by atoms with Crippen LogP contribution < -0.4 is 10.9 Å². The van der Waals surface area contributed by atoms with Crippen LogP contribution in [0, 0.1) is 6.92 Å². The lowest BCUT2D eigenvalue weighted by atomic mass is 10.2. The molecule has 0 aliphatic carbocycles. The van der Waals surface area contributed by atoms with Gasteiger partial charge in [-0.1, -0.05) is 19.1 Å². The Kier molecular flexibility index (Phi) is 4.25. The molecule has 3 rings (SSSR count). The average molecular weight is 327 g/mol. The second kappa shape index (κ2) is 6.34. The van der Waals surface area contributed by atoms with Gasteiger partial charge in [0.2, 0.25) is 5.91 Å². The number of aryl methyl sites for hydroxylation is 2. The summed E-state index contributed by atoms with van der Waals surface area (Å²) in [6.07, 6.45) is 2.31. The van der Waals surface area contributed by atoms with Crippen molar-refractivity contribution in [2.75, 3.05) is 5.32 Å². The van der Waals surface area contributed by atoms with Crippen molar-refractivity contribution >= 4 is 33.1 Å². The van der Waals surface area contributed by atoms with Crippen LogP contribution in [0.2, 0.25) is 0 Å². The second-order valence-corrected chi connectivity index (χ2v) is 6.50. The molecule has 1 aromatic carbocycles. The maximum absolute atomic E-state index is 12.4. The van der Waals surface area contributed by atoms with Gasteiger partial charge < -0.3 is 5.32 Å². The van der Waals surface area contributed by atoms with Crippen LogP contribution in [0.4, 0.5) is 5.69 Å². The number of thiophene rings is 1. The van der Waals surface area contributed by atoms with Crippen molar-refractivity contribution in [1.82, 2.24) is 9.55 Å². The zero-order chi connectivity index (χ0) is 16.4. The molecule has 118 valence electrons. The van der Waals surface area contributed by atoms with E-state index in [1.807, 2.05) is 44.2 Å². The number of benzene rings is 1. The highest BCUT2D eigenvalue weighted by atomic mass is 32.1. The summed E-state index contributed by atoms with van der Waals surface area (Å²) in [7, 11) is 0. The summed E-state index contributed by atoms with van der Waals surface area (Å²) in [5.41, 5.74) is 1.61. The van der Waals surface area contributed by atoms with Crippen LogP contribution in [0.5, 0.6) is 0 Å². The molecule has 1 amide bonds. The molecule has 23 heavy (non-hydrogen) atoms. The lowest BCUT2D eigenvalue weighted by Gasteiger charge is -2.07. The van der Waals surface area contributed by atoms with Crippen molar-refractivity contribution in [1.29, 1.82) is 0 Å². The minimum Gasteiger partial charge on any atom is -0.325 e. The van der Waals surface area contributed by atoms with Gasteiger partial charge in [0.05, 0.1) is 11.7 Å². The summed E-state index contributed by atoms with van der Waals surface area (Å²) in [5.74, 6) is -0.246. The van der Waals surface area contributed by atoms with E-state index in [1.54, 1.807) is 0 Å². The van der Waals surface area contributed by atoms with E-state index in [-0.39, 0.29) is 18.0 Å². The number of carbonyl (C=O) groups is 1. The molecule has 0 saturated heterocycles. The minimum atomic E-state index is -0.246. The summed E-state index contributed by atoms with van der Waals surface area (Å²) in [6.45, 7) is 3.95. The zero-order valence-corrected chi connectivity index (χ0v) is 13.8. The number of hydrogen-bond acceptors (Lipinski definition) is 4. The predicted molar refractivity (Wildman–Crippen MR) is 93.1 cm³/mol. The smallest absolute Gasteiger partial charge is 0.262 e. The van der Waals surface area contributed by atoms with Gasteiger partial charge in [-0.05, 0) is 37.1 Å². The Morgan fingerprint density at radius 3 is 2.91 bits per heavy atom. The first-order chi connectivity index (χ1) is 11.1. The molecule has 5 nitrogen and oxygen atoms in total. The molecule has 0 fully saturated rings. The highest BCUT2D eigenvalue weighted by Crippen LogP contribution is 2.21. The number of hydrogen-bond donors (Lipinski definition) is 1. The van der Waals surface area contributed by atoms with Crippen LogP contribution in [0.15, 0.2) is 41.5 Å². The number of carbonyl (C=O) groups excluding carboxylic acids is 1. The maximum Gasteiger partial charge on any atom is 0.262 e. The largest absolute Gasteiger partial charge is 0.325 e. The second-order valence-electron chi connectivity index (χ2n) is 5.38. The van der Waals surface area contributed by atoms with Crippen LogP contribution in [0.3, 0.4) is 0 Å². The van der Waals surface area contributed by atoms with Crippen LogP contribution >= 0.6 is 11.3 Å². The van der Waals surface area contributed by atoms with Crippen molar-refractivity contribution in [3.05, 3.63) is 57.5 Å². The van der Waals surface area contributed by atoms with Crippen LogP contribution in [-0.2, 0) is 17.8 Å². The van der Waals surface area contributed by atoms with Crippen LogP contribution in [0.25, 0.3) is 10.2 Å². The molecule has 1 N–H and O–H groups in total. The first kappa shape index (κ1) is 15.4. The number of nitrogens with one attached hydrogen (secondary N) is 1. The molecule has 0 bridgehead atoms. The number of amides is 1. The Morgan fingerprint density at radius 1 is 1.35 bits per heavy atom. The fraction of sp³-hybridized carbons (Fsp3) is 0.235. The van der Waals surface area contributed by atoms with Gasteiger partial charge in [-0.25, -0.2) is 4.98 Å². The molecular formula is C17H17N3O2S. The van der Waals surface area contributed by atoms with Gasteiger partial charge in [-0.2, -0.15) is 0 Å². The number of fused-ring (bicyclic) bond motifs is 1. The van der Waals surface area contributed by atoms with Crippen molar-refractivity contribution in [3.8, 4) is 0 Å². The highest BCUT2D eigenvalue weighted by Gasteiger charge is 2.11. The summed E-state index contributed by atoms with van der Waals surface area (Å²) >= 11 is 1.52. The maximum atomic E-state index is 12.4. The summed E-state index contributed by atoms with van der Waals surface area (Å²) in [6, 6.07) is 9.41. The fourth-order valence-corrected chi connectivity index (χ4v) is 3.30. The molecular weight excluding hydrogens is 310 g/mol. The lowest BCUT2D eigenvalue weighted by Crippen LogP contribution is -2.27. The van der Waals surface area contributed by atoms with Gasteiger partial charge in [0.25, 0.3) is 5.56 Å². The van der Waals surface area contributed by atoms with E-state index in [2.05, 4.69) is 10.3 Å². The van der Waals surface area contributed by atoms with E-state index in [4.69, 9.17) is 0 Å². The first-order valence-electron chi connectivity index (χ1n) is 7.41. The summed E-state index contributed by atoms with van der Waals surface area (Å²) < 4.78 is 1.35. The van der Waals surface area contributed by atoms with Crippen molar-refractivity contribution < 1.29 is 4.79 Å². The van der Waals surface area contributed by atoms with E-state index in [1.165, 1.54) is 22.2 Å². The SMILES string of the molecule is CCc1cc2c(=O)n(CC(=O)Nc3cccc(C)c3)cnc2s1. The molecule has 0 aliphatic rings. The fourth-order valence-electron chi connectivity index (χ4n) is 2.37. The molecule has 0 aliphatic heterocycles. The van der Waals surface area contributed by atoms with E-state index < -0.39 is 0 Å². The molecule has 6 heteroatoms. The number of aromatic nitrogens is 2. The Morgan fingerprint density at radius 2 is 2.17 bits per heavy atom. The number of rotatable bonds is 4. The number of anilines is 1. The Hall–Kier alpha value is -2.47. The highest BCUT2D eigenvalue weighted by molar-refractivity contribution is 7.18. The average Bonchev–Trinajstić information content (AvgIpc) is 2.94. The Balaban J connectivity index is 1.82. The third-order valence-electron chi connectivity index (χ3n) is 3.53. The Labute approximate surface area is 137 Å². The third-order valence-corrected chi connectivity index (χ3v) is 4.72. The van der Waals surface area contributed by atoms with Gasteiger partial charge in [-0.3, -0.25) is 14.2 Å². The predicted octanol–water partition coefficient (Wildman–Crippen LogP) is 2.97. The Bertz CT molecular complexity index is 927. The molecule has 0 spiro atoms. The van der Waals surface area contributed by atoms with Crippen LogP contribution in [0.1, 0.15) is 17.4 Å². The lowest BCUT2D eigenvalue weighted by molar-refractivity contribution is -0.116. The monoisotopic (exact) mass is 327 g/mol. The molecule has 0 saturated carbocycles. The molecule has 2 heterocycles. The molecule has 0 atom stereocenters. The molecule has 0 radical (unpaired) electrons. The van der Waals surface area contributed by atoms with Crippen molar-refractivity contribution in [2.45, 2.75) is 26.8 Å². The van der Waals surface area contributed by atoms with Crippen molar-refractivity contribution in [3.63, 3.8) is 0 Å². The van der Waals surface area contributed by atoms with Gasteiger partial charge >= 0.3 is 0 Å². The van der Waals surface area contributed by atoms with E-state index in [0.29, 0.717) is 5.39 Å². The number of nitrogens with zero attached hydrogens (tertiary/aromatic N) is 2. The minimum absolute atomic E-state index is 0.0486. The standard InChI is InChI=1S/C17H17N3O2S/c1-3-13-8-14-16(23-13)18-10-20(17(14)22)9-15(21)19-12-6-4-5-11(2)7-12/h4-8,10H,3,9H2,1-2H3,(H,19,21). The van der Waals surface area contributed by atoms with Crippen molar-refractivity contribution in [2.24, 2.45) is 0 Å². The third kappa shape index (κ3) is 3.32. The molecule has 3 aromatic rings. The van der Waals surface area contributed by atoms with E-state index >= 15 is 0 Å². The zero-order valence-electron chi connectivity index (χ0n) is 13.0. The van der Waals surface area contributed by atoms with Gasteiger partial charge in [0.1, 0.15) is 11.4 Å². The van der Waals surface area contributed by atoms with Gasteiger partial charge in [0.15, 0.2) is 0 Å². The quantitative estimate of drug-likeness (QED) is 0.801. The first-order valence-corrected chi connectivity index (χ1v) is 8.23. The normalized spacial score (nSPS) is 10.9. The molecule has 2 aromatic heterocycles. The van der Waals surface area contributed by atoms with Crippen LogP contribution in [-0.4, -0.2) is 15.5 Å². The van der Waals surface area contributed by atoms with E-state index in [9.17, 15) is 9.59 Å². The summed E-state index contributed by atoms with van der Waals surface area (Å²) in [5, 5.41) is 3.38. The van der Waals surface area contributed by atoms with Gasteiger partial charge in [0, 0.05) is 10.6 Å². The summed E-state index contributed by atoms with van der Waals surface area (Å²) in [4.78, 5) is 30.7.